The first-order chi connectivity index (χ1) is 3.80. The fourth-order valence-corrected chi connectivity index (χ4v) is 2.89. The summed E-state index contributed by atoms with van der Waals surface area (Å²) in [5, 5.41) is 4.80. The summed E-state index contributed by atoms with van der Waals surface area (Å²) in [6.07, 6.45) is 8.93. The number of hydrogen-bond acceptors (Lipinski definition) is 0. The molecule has 48 valence electrons. The van der Waals surface area contributed by atoms with Gasteiger partial charge in [0.05, 0.1) is 0 Å². The zero-order chi connectivity index (χ0) is 5.98. The van der Waals surface area contributed by atoms with Crippen molar-refractivity contribution in [3.05, 3.63) is 24.3 Å². The van der Waals surface area contributed by atoms with E-state index < -0.39 is 17.3 Å². The van der Waals surface area contributed by atoms with Crippen LogP contribution in [0.4, 0.5) is 0 Å². The molecule has 0 saturated heterocycles. The van der Waals surface area contributed by atoms with E-state index in [4.69, 9.17) is 0 Å². The molecule has 1 rings (SSSR count). The predicted molar refractivity (Wildman–Crippen MR) is 33.8 cm³/mol. The van der Waals surface area contributed by atoms with Gasteiger partial charge >= 0.3 is 56.5 Å². The van der Waals surface area contributed by atoms with Crippen LogP contribution in [-0.2, 0) is 17.3 Å². The minimum absolute atomic E-state index is 0.552. The molecule has 0 aromatic rings. The maximum absolute atomic E-state index is 2.40. The van der Waals surface area contributed by atoms with Gasteiger partial charge in [-0.2, -0.15) is 0 Å². The van der Waals surface area contributed by atoms with Crippen molar-refractivity contribution >= 4 is 0 Å². The van der Waals surface area contributed by atoms with E-state index in [2.05, 4.69) is 34.9 Å². The van der Waals surface area contributed by atoms with Crippen LogP contribution in [-0.4, -0.2) is 0 Å². The Balaban J connectivity index is 2.49. The molecule has 0 radical (unpaired) electrons. The first-order valence-corrected chi connectivity index (χ1v) is 8.34. The van der Waals surface area contributed by atoms with Gasteiger partial charge in [0, 0.05) is 0 Å². The van der Waals surface area contributed by atoms with Gasteiger partial charge in [-0.3, -0.25) is 0 Å². The summed E-state index contributed by atoms with van der Waals surface area (Å²) in [7, 11) is 0. The van der Waals surface area contributed by atoms with Crippen LogP contribution in [0.25, 0.3) is 0 Å². The second-order valence-corrected chi connectivity index (χ2v) is 8.27. The van der Waals surface area contributed by atoms with E-state index in [1.54, 1.807) is 0 Å². The third kappa shape index (κ3) is 1.32. The summed E-state index contributed by atoms with van der Waals surface area (Å²) in [4.78, 5) is 0. The fraction of sp³-hybridized carbons (Fsp3) is 0.429. The van der Waals surface area contributed by atoms with Crippen molar-refractivity contribution in [1.29, 1.82) is 0 Å². The molecule has 1 aliphatic rings. The van der Waals surface area contributed by atoms with Crippen LogP contribution in [0.1, 0.15) is 0 Å². The average molecular weight is 290 g/mol. The Morgan fingerprint density at radius 3 is 1.88 bits per heavy atom. The first-order valence-electron chi connectivity index (χ1n) is 2.48. The monoisotopic (exact) mass is 290 g/mol. The van der Waals surface area contributed by atoms with Crippen LogP contribution in [0.2, 0.25) is 14.9 Å². The van der Waals surface area contributed by atoms with E-state index in [9.17, 15) is 0 Å². The number of hydrogen-bond donors (Lipinski definition) is 0. The summed E-state index contributed by atoms with van der Waals surface area (Å²) in [6.45, 7) is 0. The summed E-state index contributed by atoms with van der Waals surface area (Å²) in [5.41, 5.74) is 0. The van der Waals surface area contributed by atoms with Crippen molar-refractivity contribution in [3.63, 3.8) is 0 Å². The quantitative estimate of drug-likeness (QED) is 0.696. The first kappa shape index (κ1) is 6.29. The van der Waals surface area contributed by atoms with Gasteiger partial charge in [0.2, 0.25) is 0 Å². The van der Waals surface area contributed by atoms with Gasteiger partial charge < -0.3 is 0 Å². The normalized spacial score (nSPS) is 20.0. The van der Waals surface area contributed by atoms with Crippen LogP contribution in [0.3, 0.4) is 0 Å². The van der Waals surface area contributed by atoms with Gasteiger partial charge in [-0.25, -0.2) is 0 Å². The van der Waals surface area contributed by atoms with Crippen molar-refractivity contribution < 1.29 is 17.3 Å². The zero-order valence-electron chi connectivity index (χ0n) is 5.20. The van der Waals surface area contributed by atoms with E-state index in [0.717, 1.165) is 4.31 Å². The Morgan fingerprint density at radius 2 is 1.62 bits per heavy atom. The molecule has 8 heavy (non-hydrogen) atoms. The fourth-order valence-electron chi connectivity index (χ4n) is 0.634. The number of rotatable bonds is 1. The van der Waals surface area contributed by atoms with Gasteiger partial charge in [-0.15, -0.1) is 0 Å². The molecule has 0 heterocycles. The Labute approximate surface area is 56.8 Å². The Hall–Kier alpha value is 0.168. The van der Waals surface area contributed by atoms with Crippen molar-refractivity contribution in [2.75, 3.05) is 0 Å². The Kier molecular flexibility index (Phi) is 2.07. The molecular formula is C7H11Pt+. The molecule has 0 aromatic carbocycles. The Bertz CT molecular complexity index is 110. The molecule has 0 nitrogen and oxygen atoms in total. The molecule has 1 heteroatoms. The molecular weight excluding hydrogens is 279 g/mol. The molecule has 0 atom stereocenters. The molecule has 1 aliphatic carbocycles. The average Bonchev–Trinajstić information content (AvgIpc) is 2.12. The van der Waals surface area contributed by atoms with Crippen molar-refractivity contribution in [1.82, 2.24) is 0 Å². The second-order valence-electron chi connectivity index (χ2n) is 1.85. The molecule has 0 fully saturated rings. The van der Waals surface area contributed by atoms with Gasteiger partial charge in [0.1, 0.15) is 0 Å². The number of allylic oxidation sites excluding steroid dienone is 4. The van der Waals surface area contributed by atoms with Crippen molar-refractivity contribution in [3.8, 4) is 0 Å². The van der Waals surface area contributed by atoms with E-state index >= 15 is 0 Å². The van der Waals surface area contributed by atoms with Gasteiger partial charge in [-0.1, -0.05) is 0 Å². The molecule has 0 bridgehead atoms. The summed E-state index contributed by atoms with van der Waals surface area (Å²) < 4.78 is 0.861. The van der Waals surface area contributed by atoms with Crippen LogP contribution in [0.5, 0.6) is 0 Å². The topological polar surface area (TPSA) is 0 Å². The SMILES string of the molecule is [CH3][Pt+]([CH3])[CH]1C=CC=C1. The van der Waals surface area contributed by atoms with Gasteiger partial charge in [-0.05, 0) is 0 Å². The van der Waals surface area contributed by atoms with Crippen LogP contribution in [0, 0.1) is 0 Å². The zero-order valence-corrected chi connectivity index (χ0v) is 7.48. The Morgan fingerprint density at radius 1 is 1.12 bits per heavy atom. The van der Waals surface area contributed by atoms with Crippen LogP contribution < -0.4 is 0 Å². The maximum atomic E-state index is 2.40. The standard InChI is InChI=1S/C5H5.2CH3.Pt/c1-2-4-5-3-1;;;/h1-5H;2*1H3;/q;;;+1. The third-order valence-corrected chi connectivity index (χ3v) is 5.00. The molecule has 0 amide bonds. The van der Waals surface area contributed by atoms with Gasteiger partial charge in [0.25, 0.3) is 0 Å². The second kappa shape index (κ2) is 2.64. The molecule has 0 aromatic heterocycles. The third-order valence-electron chi connectivity index (χ3n) is 1.10. The van der Waals surface area contributed by atoms with E-state index in [1.165, 1.54) is 0 Å². The van der Waals surface area contributed by atoms with Crippen molar-refractivity contribution in [2.45, 2.75) is 14.9 Å². The van der Waals surface area contributed by atoms with Crippen LogP contribution in [0.15, 0.2) is 24.3 Å². The van der Waals surface area contributed by atoms with Crippen molar-refractivity contribution in [2.24, 2.45) is 0 Å². The predicted octanol–water partition coefficient (Wildman–Crippen LogP) is 2.62. The van der Waals surface area contributed by atoms with Gasteiger partial charge in [0.15, 0.2) is 0 Å². The molecule has 0 aliphatic heterocycles. The van der Waals surface area contributed by atoms with E-state index in [0.29, 0.717) is 0 Å². The molecule has 0 saturated carbocycles. The molecule has 0 spiro atoms. The van der Waals surface area contributed by atoms with Crippen LogP contribution >= 0.6 is 0 Å². The molecule has 0 N–H and O–H groups in total. The van der Waals surface area contributed by atoms with E-state index in [1.807, 2.05) is 0 Å². The summed E-state index contributed by atoms with van der Waals surface area (Å²) >= 11 is -0.552. The van der Waals surface area contributed by atoms with E-state index in [-0.39, 0.29) is 0 Å². The molecule has 0 unspecified atom stereocenters. The summed E-state index contributed by atoms with van der Waals surface area (Å²) in [5.74, 6) is 0. The summed E-state index contributed by atoms with van der Waals surface area (Å²) in [6, 6.07) is 0. The minimum atomic E-state index is -0.552.